The quantitative estimate of drug-likeness (QED) is 0.598. The number of benzene rings is 1. The summed E-state index contributed by atoms with van der Waals surface area (Å²) in [6.07, 6.45) is 2.59. The first-order valence-electron chi connectivity index (χ1n) is 8.04. The third-order valence-electron chi connectivity index (χ3n) is 3.77. The van der Waals surface area contributed by atoms with Crippen LogP contribution in [0.3, 0.4) is 0 Å². The fourth-order valence-corrected chi connectivity index (χ4v) is 2.50. The Kier molecular flexibility index (Phi) is 7.19. The first-order valence-corrected chi connectivity index (χ1v) is 8.04. The second kappa shape index (κ2) is 9.43. The Labute approximate surface area is 133 Å². The Morgan fingerprint density at radius 3 is 2.82 bits per heavy atom. The van der Waals surface area contributed by atoms with E-state index in [9.17, 15) is 0 Å². The zero-order valence-electron chi connectivity index (χ0n) is 13.6. The van der Waals surface area contributed by atoms with Crippen LogP contribution in [0.2, 0.25) is 0 Å². The summed E-state index contributed by atoms with van der Waals surface area (Å²) in [4.78, 5) is 4.26. The topological polar surface area (TPSA) is 54.9 Å². The molecule has 1 aliphatic rings. The minimum absolute atomic E-state index is 0.309. The number of hydrogen-bond acceptors (Lipinski definition) is 3. The molecule has 0 radical (unpaired) electrons. The second-order valence-electron chi connectivity index (χ2n) is 5.35. The Bertz CT molecular complexity index is 471. The fourth-order valence-electron chi connectivity index (χ4n) is 2.50. The Balaban J connectivity index is 1.82. The average molecular weight is 305 g/mol. The molecule has 1 aliphatic heterocycles. The third-order valence-corrected chi connectivity index (χ3v) is 3.77. The maximum atomic E-state index is 5.61. The van der Waals surface area contributed by atoms with Crippen molar-refractivity contribution in [1.29, 1.82) is 0 Å². The van der Waals surface area contributed by atoms with Crippen LogP contribution in [0.15, 0.2) is 29.3 Å². The molecule has 2 N–H and O–H groups in total. The van der Waals surface area contributed by atoms with Gasteiger partial charge in [0.15, 0.2) is 5.96 Å². The number of rotatable bonds is 7. The minimum atomic E-state index is 0.309. The summed E-state index contributed by atoms with van der Waals surface area (Å²) in [6.45, 7) is 5.80. The first-order chi connectivity index (χ1) is 10.8. The molecule has 2 rings (SSSR count). The van der Waals surface area contributed by atoms with Gasteiger partial charge in [-0.1, -0.05) is 24.3 Å². The van der Waals surface area contributed by atoms with Gasteiger partial charge in [-0.3, -0.25) is 4.99 Å². The van der Waals surface area contributed by atoms with E-state index in [1.165, 1.54) is 11.1 Å². The van der Waals surface area contributed by atoms with Crippen LogP contribution in [-0.4, -0.2) is 38.9 Å². The van der Waals surface area contributed by atoms with E-state index in [-0.39, 0.29) is 0 Å². The van der Waals surface area contributed by atoms with E-state index in [2.05, 4.69) is 33.8 Å². The Morgan fingerprint density at radius 2 is 2.14 bits per heavy atom. The monoisotopic (exact) mass is 305 g/mol. The van der Waals surface area contributed by atoms with E-state index in [1.807, 2.05) is 13.0 Å². The van der Waals surface area contributed by atoms with Gasteiger partial charge >= 0.3 is 0 Å². The lowest BCUT2D eigenvalue weighted by Gasteiger charge is -2.16. The van der Waals surface area contributed by atoms with Crippen LogP contribution in [0.1, 0.15) is 30.9 Å². The molecular formula is C17H27N3O2. The molecule has 1 fully saturated rings. The van der Waals surface area contributed by atoms with E-state index in [1.54, 1.807) is 7.05 Å². The molecule has 0 amide bonds. The lowest BCUT2D eigenvalue weighted by atomic mass is 10.1. The summed E-state index contributed by atoms with van der Waals surface area (Å²) in [5, 5.41) is 6.68. The zero-order chi connectivity index (χ0) is 15.6. The molecule has 5 heteroatoms. The number of hydrogen-bond donors (Lipinski definition) is 2. The fraction of sp³-hybridized carbons (Fsp3) is 0.588. The summed E-state index contributed by atoms with van der Waals surface area (Å²) in [5.74, 6) is 0.807. The lowest BCUT2D eigenvalue weighted by Crippen LogP contribution is -2.40. The summed E-state index contributed by atoms with van der Waals surface area (Å²) in [5.41, 5.74) is 2.45. The van der Waals surface area contributed by atoms with Gasteiger partial charge in [0.2, 0.25) is 0 Å². The molecule has 1 heterocycles. The van der Waals surface area contributed by atoms with Gasteiger partial charge in [-0.2, -0.15) is 0 Å². The molecule has 0 aliphatic carbocycles. The van der Waals surface area contributed by atoms with Crippen LogP contribution >= 0.6 is 0 Å². The zero-order valence-corrected chi connectivity index (χ0v) is 13.6. The van der Waals surface area contributed by atoms with Gasteiger partial charge in [0.25, 0.3) is 0 Å². The molecule has 1 aromatic rings. The molecule has 5 nitrogen and oxygen atoms in total. The van der Waals surface area contributed by atoms with Crippen molar-refractivity contribution in [2.24, 2.45) is 4.99 Å². The van der Waals surface area contributed by atoms with E-state index in [4.69, 9.17) is 9.47 Å². The van der Waals surface area contributed by atoms with Gasteiger partial charge in [-0.25, -0.2) is 0 Å². The highest BCUT2D eigenvalue weighted by Crippen LogP contribution is 2.11. The molecule has 0 spiro atoms. The van der Waals surface area contributed by atoms with Gasteiger partial charge in [-0.05, 0) is 30.9 Å². The molecule has 1 saturated heterocycles. The van der Waals surface area contributed by atoms with Crippen LogP contribution in [0.25, 0.3) is 0 Å². The van der Waals surface area contributed by atoms with Gasteiger partial charge in [0.1, 0.15) is 0 Å². The number of ether oxygens (including phenoxy) is 2. The predicted octanol–water partition coefficient (Wildman–Crippen LogP) is 2.07. The molecule has 122 valence electrons. The summed E-state index contributed by atoms with van der Waals surface area (Å²) >= 11 is 0. The van der Waals surface area contributed by atoms with Crippen LogP contribution in [0.5, 0.6) is 0 Å². The minimum Gasteiger partial charge on any atom is -0.377 e. The van der Waals surface area contributed by atoms with Crippen LogP contribution in [0.4, 0.5) is 0 Å². The highest BCUT2D eigenvalue weighted by Gasteiger charge is 2.15. The van der Waals surface area contributed by atoms with Crippen LogP contribution in [-0.2, 0) is 22.6 Å². The lowest BCUT2D eigenvalue weighted by molar-refractivity contribution is 0.114. The Morgan fingerprint density at radius 1 is 1.32 bits per heavy atom. The van der Waals surface area contributed by atoms with Crippen molar-refractivity contribution in [3.8, 4) is 0 Å². The highest BCUT2D eigenvalue weighted by atomic mass is 16.5. The second-order valence-corrected chi connectivity index (χ2v) is 5.35. The van der Waals surface area contributed by atoms with Crippen molar-refractivity contribution in [3.63, 3.8) is 0 Å². The van der Waals surface area contributed by atoms with Crippen molar-refractivity contribution in [2.45, 2.75) is 39.0 Å². The average Bonchev–Trinajstić information content (AvgIpc) is 3.07. The molecule has 1 aromatic carbocycles. The molecule has 1 atom stereocenters. The highest BCUT2D eigenvalue weighted by molar-refractivity contribution is 5.79. The van der Waals surface area contributed by atoms with E-state index < -0.39 is 0 Å². The van der Waals surface area contributed by atoms with Crippen molar-refractivity contribution >= 4 is 5.96 Å². The maximum Gasteiger partial charge on any atom is 0.191 e. The number of guanidine groups is 1. The van der Waals surface area contributed by atoms with E-state index in [0.717, 1.165) is 45.1 Å². The van der Waals surface area contributed by atoms with Crippen molar-refractivity contribution in [3.05, 3.63) is 35.4 Å². The normalized spacial score (nSPS) is 18.5. The first kappa shape index (κ1) is 16.8. The van der Waals surface area contributed by atoms with Crippen molar-refractivity contribution < 1.29 is 9.47 Å². The third kappa shape index (κ3) is 5.31. The van der Waals surface area contributed by atoms with Gasteiger partial charge in [0, 0.05) is 33.4 Å². The molecule has 0 saturated carbocycles. The molecular weight excluding hydrogens is 278 g/mol. The summed E-state index contributed by atoms with van der Waals surface area (Å²) < 4.78 is 11.1. The largest absolute Gasteiger partial charge is 0.377 e. The molecule has 1 unspecified atom stereocenters. The standard InChI is InChI=1S/C17H27N3O2/c1-3-21-13-15-8-5-4-7-14(15)11-19-17(18-2)20-12-16-9-6-10-22-16/h4-5,7-8,16H,3,6,9-13H2,1-2H3,(H2,18,19,20). The van der Waals surface area contributed by atoms with Crippen LogP contribution < -0.4 is 10.6 Å². The molecule has 0 bridgehead atoms. The maximum absolute atomic E-state index is 5.61. The van der Waals surface area contributed by atoms with Crippen molar-refractivity contribution in [2.75, 3.05) is 26.8 Å². The van der Waals surface area contributed by atoms with Gasteiger partial charge in [0.05, 0.1) is 12.7 Å². The van der Waals surface area contributed by atoms with E-state index in [0.29, 0.717) is 12.7 Å². The number of nitrogens with one attached hydrogen (secondary N) is 2. The molecule has 22 heavy (non-hydrogen) atoms. The van der Waals surface area contributed by atoms with E-state index >= 15 is 0 Å². The Hall–Kier alpha value is -1.59. The summed E-state index contributed by atoms with van der Waals surface area (Å²) in [6, 6.07) is 8.32. The number of aliphatic imine (C=N–C) groups is 1. The molecule has 0 aromatic heterocycles. The summed E-state index contributed by atoms with van der Waals surface area (Å²) in [7, 11) is 1.79. The number of nitrogens with zero attached hydrogens (tertiary/aromatic N) is 1. The SMILES string of the molecule is CCOCc1ccccc1CNC(=NC)NCC1CCCO1. The predicted molar refractivity (Wildman–Crippen MR) is 88.9 cm³/mol. The van der Waals surface area contributed by atoms with Gasteiger partial charge in [-0.15, -0.1) is 0 Å². The smallest absolute Gasteiger partial charge is 0.191 e. The van der Waals surface area contributed by atoms with Crippen LogP contribution in [0, 0.1) is 0 Å². The van der Waals surface area contributed by atoms with Gasteiger partial charge < -0.3 is 20.1 Å². The van der Waals surface area contributed by atoms with Crippen molar-refractivity contribution in [1.82, 2.24) is 10.6 Å².